The summed E-state index contributed by atoms with van der Waals surface area (Å²) in [6, 6.07) is 19.2. The van der Waals surface area contributed by atoms with Crippen molar-refractivity contribution < 1.29 is 9.53 Å². The minimum atomic E-state index is -1.00. The molecule has 0 unspecified atom stereocenters. The first-order valence-electron chi connectivity index (χ1n) is 6.05. The topological polar surface area (TPSA) is 26.3 Å². The van der Waals surface area contributed by atoms with E-state index in [9.17, 15) is 4.79 Å². The summed E-state index contributed by atoms with van der Waals surface area (Å²) in [5.41, 5.74) is 0.707. The Morgan fingerprint density at radius 1 is 0.944 bits per heavy atom. The van der Waals surface area contributed by atoms with Gasteiger partial charge in [-0.15, -0.1) is 0 Å². The van der Waals surface area contributed by atoms with Gasteiger partial charge in [0.15, 0.2) is 11.9 Å². The third-order valence-electron chi connectivity index (χ3n) is 2.94. The van der Waals surface area contributed by atoms with Crippen LogP contribution in [0.1, 0.15) is 18.1 Å². The van der Waals surface area contributed by atoms with Crippen LogP contribution in [0.15, 0.2) is 60.7 Å². The van der Waals surface area contributed by atoms with Crippen molar-refractivity contribution in [1.29, 1.82) is 0 Å². The summed E-state index contributed by atoms with van der Waals surface area (Å²) >= 11 is 0. The van der Waals surface area contributed by atoms with E-state index in [1.807, 2.05) is 67.6 Å². The van der Waals surface area contributed by atoms with Gasteiger partial charge in [-0.25, -0.2) is 0 Å². The zero-order valence-electron chi connectivity index (χ0n) is 10.4. The van der Waals surface area contributed by atoms with Gasteiger partial charge in [0.1, 0.15) is 0 Å². The summed E-state index contributed by atoms with van der Waals surface area (Å²) in [5.74, 6) is 0. The van der Waals surface area contributed by atoms with Crippen LogP contribution < -0.4 is 0 Å². The molecule has 0 bridgehead atoms. The van der Waals surface area contributed by atoms with Crippen molar-refractivity contribution in [3.8, 4) is 0 Å². The summed E-state index contributed by atoms with van der Waals surface area (Å²) in [6.07, 6.45) is 0.876. The van der Waals surface area contributed by atoms with Crippen molar-refractivity contribution in [2.45, 2.75) is 12.5 Å². The highest BCUT2D eigenvalue weighted by molar-refractivity contribution is 5.72. The first-order chi connectivity index (χ1) is 8.83. The van der Waals surface area contributed by atoms with E-state index >= 15 is 0 Å². The Bertz CT molecular complexity index is 452. The Balaban J connectivity index is 2.57. The van der Waals surface area contributed by atoms with E-state index in [0.717, 1.165) is 17.4 Å². The predicted molar refractivity (Wildman–Crippen MR) is 71.4 cm³/mol. The van der Waals surface area contributed by atoms with Crippen molar-refractivity contribution >= 4 is 6.29 Å². The molecule has 0 aliphatic heterocycles. The molecule has 0 aliphatic carbocycles. The minimum absolute atomic E-state index is 0.475. The Morgan fingerprint density at radius 2 is 1.39 bits per heavy atom. The first-order valence-corrected chi connectivity index (χ1v) is 6.05. The van der Waals surface area contributed by atoms with Crippen LogP contribution in [-0.4, -0.2) is 12.9 Å². The van der Waals surface area contributed by atoms with Crippen molar-refractivity contribution in [3.05, 3.63) is 71.8 Å². The van der Waals surface area contributed by atoms with Gasteiger partial charge >= 0.3 is 0 Å². The highest BCUT2D eigenvalue weighted by Crippen LogP contribution is 2.31. The third-order valence-corrected chi connectivity index (χ3v) is 2.94. The van der Waals surface area contributed by atoms with Gasteiger partial charge in [0.2, 0.25) is 0 Å². The summed E-state index contributed by atoms with van der Waals surface area (Å²) in [7, 11) is 0. The highest BCUT2D eigenvalue weighted by Gasteiger charge is 2.34. The third kappa shape index (κ3) is 2.20. The van der Waals surface area contributed by atoms with Crippen LogP contribution in [0.2, 0.25) is 0 Å². The average molecular weight is 240 g/mol. The SMILES string of the molecule is CCOC(C=O)(c1ccccc1)c1ccccc1. The number of ether oxygens (including phenoxy) is 1. The molecular formula is C16H16O2. The maximum Gasteiger partial charge on any atom is 0.173 e. The van der Waals surface area contributed by atoms with Gasteiger partial charge in [0.25, 0.3) is 0 Å². The lowest BCUT2D eigenvalue weighted by Crippen LogP contribution is -2.33. The molecule has 2 aromatic rings. The number of rotatable bonds is 5. The molecular weight excluding hydrogens is 224 g/mol. The number of carbonyl (C=O) groups is 1. The van der Waals surface area contributed by atoms with Gasteiger partial charge in [0.05, 0.1) is 0 Å². The van der Waals surface area contributed by atoms with E-state index in [4.69, 9.17) is 4.74 Å². The second kappa shape index (κ2) is 5.61. The Labute approximate surface area is 107 Å². The molecule has 0 heterocycles. The fourth-order valence-corrected chi connectivity index (χ4v) is 2.10. The number of carbonyl (C=O) groups excluding carboxylic acids is 1. The number of aldehydes is 1. The summed E-state index contributed by atoms with van der Waals surface area (Å²) < 4.78 is 5.78. The van der Waals surface area contributed by atoms with Gasteiger partial charge < -0.3 is 4.74 Å². The van der Waals surface area contributed by atoms with Crippen LogP contribution in [0.5, 0.6) is 0 Å². The van der Waals surface area contributed by atoms with Gasteiger partial charge in [-0.3, -0.25) is 4.79 Å². The molecule has 0 spiro atoms. The van der Waals surface area contributed by atoms with Crippen molar-refractivity contribution in [1.82, 2.24) is 0 Å². The van der Waals surface area contributed by atoms with Crippen LogP contribution >= 0.6 is 0 Å². The van der Waals surface area contributed by atoms with Crippen LogP contribution in [-0.2, 0) is 15.1 Å². The Kier molecular flexibility index (Phi) is 3.90. The first kappa shape index (κ1) is 12.5. The largest absolute Gasteiger partial charge is 0.358 e. The second-order valence-electron chi connectivity index (χ2n) is 4.02. The molecule has 0 amide bonds. The van der Waals surface area contributed by atoms with Crippen molar-refractivity contribution in [3.63, 3.8) is 0 Å². The molecule has 92 valence electrons. The molecule has 0 atom stereocenters. The van der Waals surface area contributed by atoms with Crippen LogP contribution in [0, 0.1) is 0 Å². The molecule has 0 N–H and O–H groups in total. The number of hydrogen-bond acceptors (Lipinski definition) is 2. The van der Waals surface area contributed by atoms with Crippen LogP contribution in [0.25, 0.3) is 0 Å². The molecule has 0 saturated carbocycles. The summed E-state index contributed by atoms with van der Waals surface area (Å²) in [6.45, 7) is 2.37. The number of hydrogen-bond donors (Lipinski definition) is 0. The van der Waals surface area contributed by atoms with E-state index in [1.165, 1.54) is 0 Å². The monoisotopic (exact) mass is 240 g/mol. The Morgan fingerprint density at radius 3 is 1.72 bits per heavy atom. The van der Waals surface area contributed by atoms with Crippen molar-refractivity contribution in [2.75, 3.05) is 6.61 Å². The van der Waals surface area contributed by atoms with Crippen LogP contribution in [0.4, 0.5) is 0 Å². The van der Waals surface area contributed by atoms with Crippen molar-refractivity contribution in [2.24, 2.45) is 0 Å². The van der Waals surface area contributed by atoms with Gasteiger partial charge in [0, 0.05) is 6.61 Å². The molecule has 2 nitrogen and oxygen atoms in total. The highest BCUT2D eigenvalue weighted by atomic mass is 16.5. The molecule has 2 aromatic carbocycles. The van der Waals surface area contributed by atoms with E-state index < -0.39 is 5.60 Å². The fraction of sp³-hybridized carbons (Fsp3) is 0.188. The second-order valence-corrected chi connectivity index (χ2v) is 4.02. The molecule has 0 saturated heterocycles. The minimum Gasteiger partial charge on any atom is -0.358 e. The zero-order valence-corrected chi connectivity index (χ0v) is 10.4. The molecule has 2 rings (SSSR count). The zero-order chi connectivity index (χ0) is 12.8. The lowest BCUT2D eigenvalue weighted by atomic mass is 9.87. The lowest BCUT2D eigenvalue weighted by Gasteiger charge is -2.29. The smallest absolute Gasteiger partial charge is 0.173 e. The standard InChI is InChI=1S/C16H16O2/c1-2-18-16(13-17,14-9-5-3-6-10-14)15-11-7-4-8-12-15/h3-13H,2H2,1H3. The van der Waals surface area contributed by atoms with Crippen LogP contribution in [0.3, 0.4) is 0 Å². The molecule has 0 radical (unpaired) electrons. The maximum atomic E-state index is 11.7. The summed E-state index contributed by atoms with van der Waals surface area (Å²) in [4.78, 5) is 11.7. The normalized spacial score (nSPS) is 11.2. The van der Waals surface area contributed by atoms with E-state index in [-0.39, 0.29) is 0 Å². The summed E-state index contributed by atoms with van der Waals surface area (Å²) in [5, 5.41) is 0. The van der Waals surface area contributed by atoms with E-state index in [2.05, 4.69) is 0 Å². The van der Waals surface area contributed by atoms with Gasteiger partial charge in [-0.05, 0) is 18.1 Å². The number of benzene rings is 2. The predicted octanol–water partition coefficient (Wildman–Crippen LogP) is 3.17. The lowest BCUT2D eigenvalue weighted by molar-refractivity contribution is -0.126. The van der Waals surface area contributed by atoms with E-state index in [1.54, 1.807) is 0 Å². The quantitative estimate of drug-likeness (QED) is 0.750. The van der Waals surface area contributed by atoms with E-state index in [0.29, 0.717) is 6.61 Å². The van der Waals surface area contributed by atoms with Gasteiger partial charge in [-0.2, -0.15) is 0 Å². The van der Waals surface area contributed by atoms with Gasteiger partial charge in [-0.1, -0.05) is 60.7 Å². The average Bonchev–Trinajstić information content (AvgIpc) is 2.47. The molecule has 0 fully saturated rings. The Hall–Kier alpha value is -1.93. The molecule has 0 aliphatic rings. The molecule has 2 heteroatoms. The molecule has 18 heavy (non-hydrogen) atoms. The maximum absolute atomic E-state index is 11.7. The molecule has 0 aromatic heterocycles. The fourth-order valence-electron chi connectivity index (χ4n) is 2.10.